The highest BCUT2D eigenvalue weighted by molar-refractivity contribution is 7.99. The summed E-state index contributed by atoms with van der Waals surface area (Å²) in [6.45, 7) is 6.06. The second-order valence-corrected chi connectivity index (χ2v) is 12.0. The second kappa shape index (κ2) is 25.8. The summed E-state index contributed by atoms with van der Waals surface area (Å²) in [5.74, 6) is 2.11. The number of aromatic hydroxyl groups is 1. The lowest BCUT2D eigenvalue weighted by Crippen LogP contribution is -2.42. The zero-order chi connectivity index (χ0) is 29.1. The molecule has 0 aliphatic heterocycles. The first-order valence-corrected chi connectivity index (χ1v) is 16.9. The van der Waals surface area contributed by atoms with E-state index in [1.165, 1.54) is 64.2 Å². The van der Waals surface area contributed by atoms with Crippen LogP contribution in [0.25, 0.3) is 0 Å². The van der Waals surface area contributed by atoms with Crippen LogP contribution in [0, 0.1) is 0 Å². The Morgan fingerprint density at radius 3 is 2.15 bits per heavy atom. The van der Waals surface area contributed by atoms with Crippen molar-refractivity contribution in [2.75, 3.05) is 25.6 Å². The van der Waals surface area contributed by atoms with Crippen LogP contribution < -0.4 is 20.7 Å². The van der Waals surface area contributed by atoms with E-state index < -0.39 is 0 Å². The van der Waals surface area contributed by atoms with Crippen molar-refractivity contribution in [1.82, 2.24) is 16.0 Å². The summed E-state index contributed by atoms with van der Waals surface area (Å²) in [5.41, 5.74) is 0. The molecular formula is C32H57N3O4S. The second-order valence-electron chi connectivity index (χ2n) is 10.6. The van der Waals surface area contributed by atoms with Gasteiger partial charge >= 0.3 is 6.03 Å². The number of nitrogens with one attached hydrogen (secondary N) is 3. The van der Waals surface area contributed by atoms with Crippen LogP contribution in [0.3, 0.4) is 0 Å². The molecule has 1 atom stereocenters. The normalized spacial score (nSPS) is 11.7. The molecule has 0 heterocycles. The first-order valence-electron chi connectivity index (χ1n) is 15.9. The summed E-state index contributed by atoms with van der Waals surface area (Å²) in [4.78, 5) is 23.9. The molecule has 1 rings (SSSR count). The number of rotatable bonds is 26. The Balaban J connectivity index is 1.85. The van der Waals surface area contributed by atoms with Gasteiger partial charge in [-0.15, -0.1) is 0 Å². The van der Waals surface area contributed by atoms with Crippen molar-refractivity contribution in [2.24, 2.45) is 0 Å². The molecule has 1 unspecified atom stereocenters. The summed E-state index contributed by atoms with van der Waals surface area (Å²) >= 11 is 2.04. The monoisotopic (exact) mass is 579 g/mol. The van der Waals surface area contributed by atoms with Gasteiger partial charge in [0.2, 0.25) is 5.91 Å². The molecule has 0 bridgehead atoms. The number of ether oxygens (including phenoxy) is 1. The molecule has 0 aromatic heterocycles. The Bertz CT molecular complexity index is 748. The molecule has 3 amide bonds. The maximum atomic E-state index is 12.0. The van der Waals surface area contributed by atoms with Gasteiger partial charge in [-0.2, -0.15) is 11.8 Å². The van der Waals surface area contributed by atoms with E-state index in [9.17, 15) is 14.7 Å². The minimum Gasteiger partial charge on any atom is -0.508 e. The lowest BCUT2D eigenvalue weighted by Gasteiger charge is -2.14. The fraction of sp³-hybridized carbons (Fsp3) is 0.750. The molecule has 7 nitrogen and oxygen atoms in total. The average Bonchev–Trinajstić information content (AvgIpc) is 2.95. The quantitative estimate of drug-likeness (QED) is 0.0660. The smallest absolute Gasteiger partial charge is 0.316 e. The number of hydrogen-bond acceptors (Lipinski definition) is 5. The van der Waals surface area contributed by atoms with Crippen molar-refractivity contribution < 1.29 is 19.4 Å². The standard InChI is InChI=1S/C32H57N3O4S/c1-3-5-6-11-14-18-30(4-2)40-26-17-24-33-32(38)35-27-34-31(37)19-15-12-9-7-8-10-13-16-25-39-29-22-20-28(36)21-23-29/h20-23,30,36H,3-19,24-27H2,1-2H3,(H,34,37)(H2,33,35,38). The number of thioether (sulfide) groups is 1. The first-order chi connectivity index (χ1) is 19.5. The molecule has 1 aromatic carbocycles. The van der Waals surface area contributed by atoms with Gasteiger partial charge in [0.15, 0.2) is 0 Å². The zero-order valence-electron chi connectivity index (χ0n) is 25.3. The van der Waals surface area contributed by atoms with E-state index in [0.29, 0.717) is 19.6 Å². The highest BCUT2D eigenvalue weighted by Gasteiger charge is 2.07. The number of urea groups is 1. The predicted octanol–water partition coefficient (Wildman–Crippen LogP) is 7.92. The summed E-state index contributed by atoms with van der Waals surface area (Å²) in [6, 6.07) is 6.61. The summed E-state index contributed by atoms with van der Waals surface area (Å²) in [7, 11) is 0. The van der Waals surface area contributed by atoms with Crippen LogP contribution in [0.5, 0.6) is 11.5 Å². The lowest BCUT2D eigenvalue weighted by molar-refractivity contribution is -0.121. The van der Waals surface area contributed by atoms with Crippen molar-refractivity contribution in [3.8, 4) is 11.5 Å². The molecule has 0 aliphatic carbocycles. The topological polar surface area (TPSA) is 99.7 Å². The molecule has 4 N–H and O–H groups in total. The number of carbonyl (C=O) groups excluding carboxylic acids is 2. The van der Waals surface area contributed by atoms with E-state index in [-0.39, 0.29) is 24.4 Å². The van der Waals surface area contributed by atoms with Crippen molar-refractivity contribution in [2.45, 2.75) is 128 Å². The van der Waals surface area contributed by atoms with Gasteiger partial charge in [0.1, 0.15) is 11.5 Å². The summed E-state index contributed by atoms with van der Waals surface area (Å²) in [5, 5.41) is 18.4. The predicted molar refractivity (Wildman–Crippen MR) is 169 cm³/mol. The Morgan fingerprint density at radius 2 is 1.45 bits per heavy atom. The van der Waals surface area contributed by atoms with E-state index in [2.05, 4.69) is 29.8 Å². The van der Waals surface area contributed by atoms with E-state index >= 15 is 0 Å². The fourth-order valence-electron chi connectivity index (χ4n) is 4.46. The number of benzene rings is 1. The molecule has 230 valence electrons. The van der Waals surface area contributed by atoms with Crippen molar-refractivity contribution in [3.05, 3.63) is 24.3 Å². The van der Waals surface area contributed by atoms with Gasteiger partial charge in [-0.25, -0.2) is 4.79 Å². The van der Waals surface area contributed by atoms with Gasteiger partial charge in [0.25, 0.3) is 0 Å². The maximum absolute atomic E-state index is 12.0. The third-order valence-corrected chi connectivity index (χ3v) is 8.55. The van der Waals surface area contributed by atoms with Crippen LogP contribution in [0.4, 0.5) is 4.79 Å². The fourth-order valence-corrected chi connectivity index (χ4v) is 5.67. The van der Waals surface area contributed by atoms with E-state index in [4.69, 9.17) is 4.74 Å². The van der Waals surface area contributed by atoms with Gasteiger partial charge in [-0.1, -0.05) is 84.5 Å². The number of carbonyl (C=O) groups is 2. The zero-order valence-corrected chi connectivity index (χ0v) is 26.1. The Morgan fingerprint density at radius 1 is 0.800 bits per heavy atom. The van der Waals surface area contributed by atoms with Crippen molar-refractivity contribution in [1.29, 1.82) is 0 Å². The third kappa shape index (κ3) is 21.7. The Hall–Kier alpha value is -2.09. The molecule has 0 saturated heterocycles. The lowest BCUT2D eigenvalue weighted by atomic mass is 10.1. The Labute approximate surface area is 248 Å². The van der Waals surface area contributed by atoms with Crippen molar-refractivity contribution >= 4 is 23.7 Å². The molecule has 0 fully saturated rings. The molecular weight excluding hydrogens is 522 g/mol. The first kappa shape index (κ1) is 35.9. The van der Waals surface area contributed by atoms with Crippen LogP contribution in [0.1, 0.15) is 123 Å². The van der Waals surface area contributed by atoms with Crippen LogP contribution in [0.2, 0.25) is 0 Å². The van der Waals surface area contributed by atoms with Gasteiger partial charge in [0.05, 0.1) is 13.3 Å². The van der Waals surface area contributed by atoms with Crippen LogP contribution >= 0.6 is 11.8 Å². The maximum Gasteiger partial charge on any atom is 0.316 e. The molecule has 0 aliphatic rings. The highest BCUT2D eigenvalue weighted by Crippen LogP contribution is 2.22. The molecule has 0 saturated carbocycles. The SMILES string of the molecule is CCCCCCCC(CC)SCCCNC(=O)NCNC(=O)CCCCCCCCCCOc1ccc(O)cc1. The van der Waals surface area contributed by atoms with Crippen molar-refractivity contribution in [3.63, 3.8) is 0 Å². The van der Waals surface area contributed by atoms with Crippen LogP contribution in [0.15, 0.2) is 24.3 Å². The highest BCUT2D eigenvalue weighted by atomic mass is 32.2. The van der Waals surface area contributed by atoms with Crippen LogP contribution in [-0.2, 0) is 4.79 Å². The van der Waals surface area contributed by atoms with Crippen LogP contribution in [-0.4, -0.2) is 47.9 Å². The van der Waals surface area contributed by atoms with Gasteiger partial charge < -0.3 is 25.8 Å². The molecule has 1 aromatic rings. The molecule has 40 heavy (non-hydrogen) atoms. The van der Waals surface area contributed by atoms with Gasteiger partial charge in [-0.3, -0.25) is 4.79 Å². The number of hydrogen-bond donors (Lipinski definition) is 4. The van der Waals surface area contributed by atoms with E-state index in [0.717, 1.165) is 55.3 Å². The third-order valence-electron chi connectivity index (χ3n) is 6.98. The number of amides is 3. The molecule has 8 heteroatoms. The molecule has 0 radical (unpaired) electrons. The minimum atomic E-state index is -0.222. The number of phenolic OH excluding ortho intramolecular Hbond substituents is 1. The number of unbranched alkanes of at least 4 members (excludes halogenated alkanes) is 11. The minimum absolute atomic E-state index is 0.00868. The average molecular weight is 580 g/mol. The number of phenols is 1. The van der Waals surface area contributed by atoms with Gasteiger partial charge in [-0.05, 0) is 62.1 Å². The Kier molecular flexibility index (Phi) is 23.2. The van der Waals surface area contributed by atoms with Gasteiger partial charge in [0, 0.05) is 18.2 Å². The van der Waals surface area contributed by atoms with E-state index in [1.807, 2.05) is 11.8 Å². The van der Waals surface area contributed by atoms with E-state index in [1.54, 1.807) is 24.3 Å². The summed E-state index contributed by atoms with van der Waals surface area (Å²) in [6.07, 6.45) is 19.6. The largest absolute Gasteiger partial charge is 0.508 e. The summed E-state index contributed by atoms with van der Waals surface area (Å²) < 4.78 is 5.66. The molecule has 0 spiro atoms.